The predicted octanol–water partition coefficient (Wildman–Crippen LogP) is 2.13. The van der Waals surface area contributed by atoms with Crippen LogP contribution in [0.5, 0.6) is 0 Å². The van der Waals surface area contributed by atoms with Crippen LogP contribution in [0.2, 0.25) is 0 Å². The fraction of sp³-hybridized carbons (Fsp3) is 0.750. The average Bonchev–Trinajstić information content (AvgIpc) is 2.63. The molecule has 1 rings (SSSR count). The number of nitrogens with one attached hydrogen (secondary N) is 1. The molecular weight excluding hydrogens is 186 g/mol. The van der Waals surface area contributed by atoms with Crippen LogP contribution >= 0.6 is 0 Å². The fourth-order valence-corrected chi connectivity index (χ4v) is 1.85. The lowest BCUT2D eigenvalue weighted by molar-refractivity contribution is 0.463. The summed E-state index contributed by atoms with van der Waals surface area (Å²) >= 11 is 0. The summed E-state index contributed by atoms with van der Waals surface area (Å²) in [6.45, 7) is 5.54. The maximum Gasteiger partial charge on any atom is 0.0492 e. The third kappa shape index (κ3) is 4.04. The molecule has 1 unspecified atom stereocenters. The molecule has 0 amide bonds. The van der Waals surface area contributed by atoms with Crippen molar-refractivity contribution in [2.75, 3.05) is 6.54 Å². The van der Waals surface area contributed by atoms with E-state index in [9.17, 15) is 0 Å². The molecule has 0 saturated carbocycles. The van der Waals surface area contributed by atoms with E-state index < -0.39 is 0 Å². The largest absolute Gasteiger partial charge is 0.314 e. The average molecular weight is 209 g/mol. The number of hydrogen-bond acceptors (Lipinski definition) is 2. The maximum atomic E-state index is 4.16. The summed E-state index contributed by atoms with van der Waals surface area (Å²) in [6, 6.07) is 2.77. The van der Waals surface area contributed by atoms with Gasteiger partial charge in [0, 0.05) is 37.9 Å². The molecule has 0 bridgehead atoms. The molecule has 0 fully saturated rings. The number of nitrogens with zero attached hydrogens (tertiary/aromatic N) is 2. The Hall–Kier alpha value is -0.830. The van der Waals surface area contributed by atoms with Crippen molar-refractivity contribution < 1.29 is 0 Å². The number of aromatic nitrogens is 2. The highest BCUT2D eigenvalue weighted by atomic mass is 15.3. The van der Waals surface area contributed by atoms with Gasteiger partial charge >= 0.3 is 0 Å². The molecular formula is C12H23N3. The maximum absolute atomic E-state index is 4.16. The first-order chi connectivity index (χ1) is 7.27. The molecule has 0 aliphatic heterocycles. The number of rotatable bonds is 7. The molecule has 0 saturated heterocycles. The van der Waals surface area contributed by atoms with Crippen LogP contribution in [0.15, 0.2) is 12.3 Å². The molecule has 0 aromatic carbocycles. The van der Waals surface area contributed by atoms with E-state index in [1.54, 1.807) is 0 Å². The van der Waals surface area contributed by atoms with Gasteiger partial charge in [-0.2, -0.15) is 5.10 Å². The van der Waals surface area contributed by atoms with E-state index in [0.717, 1.165) is 13.0 Å². The van der Waals surface area contributed by atoms with Crippen molar-refractivity contribution in [1.29, 1.82) is 0 Å². The van der Waals surface area contributed by atoms with Crippen molar-refractivity contribution >= 4 is 0 Å². The van der Waals surface area contributed by atoms with E-state index in [2.05, 4.69) is 30.3 Å². The van der Waals surface area contributed by atoms with Crippen LogP contribution in [0.25, 0.3) is 0 Å². The second-order valence-electron chi connectivity index (χ2n) is 4.04. The lowest BCUT2D eigenvalue weighted by Gasteiger charge is -2.15. The van der Waals surface area contributed by atoms with Gasteiger partial charge in [0.25, 0.3) is 0 Å². The molecule has 1 heterocycles. The zero-order chi connectivity index (χ0) is 11.1. The van der Waals surface area contributed by atoms with E-state index in [1.165, 1.54) is 25.0 Å². The van der Waals surface area contributed by atoms with Crippen molar-refractivity contribution in [2.45, 2.75) is 45.6 Å². The number of hydrogen-bond donors (Lipinski definition) is 1. The van der Waals surface area contributed by atoms with Crippen molar-refractivity contribution in [3.63, 3.8) is 0 Å². The molecule has 1 atom stereocenters. The SMILES string of the molecule is CCCC(CC)NCCc1ccnn1C. The highest BCUT2D eigenvalue weighted by Crippen LogP contribution is 2.02. The van der Waals surface area contributed by atoms with Gasteiger partial charge in [0.1, 0.15) is 0 Å². The molecule has 1 N–H and O–H groups in total. The summed E-state index contributed by atoms with van der Waals surface area (Å²) in [5, 5.41) is 7.75. The second-order valence-corrected chi connectivity index (χ2v) is 4.04. The summed E-state index contributed by atoms with van der Waals surface area (Å²) in [5.74, 6) is 0. The Morgan fingerprint density at radius 2 is 2.27 bits per heavy atom. The molecule has 0 aliphatic carbocycles. The monoisotopic (exact) mass is 209 g/mol. The Kier molecular flexibility index (Phi) is 5.40. The van der Waals surface area contributed by atoms with E-state index in [4.69, 9.17) is 0 Å². The van der Waals surface area contributed by atoms with Crippen molar-refractivity contribution in [1.82, 2.24) is 15.1 Å². The zero-order valence-electron chi connectivity index (χ0n) is 10.2. The standard InChI is InChI=1S/C12H23N3/c1-4-6-11(5-2)13-9-7-12-8-10-14-15(12)3/h8,10-11,13H,4-7,9H2,1-3H3. The second kappa shape index (κ2) is 6.62. The van der Waals surface area contributed by atoms with E-state index in [0.29, 0.717) is 6.04 Å². The Balaban J connectivity index is 2.23. The molecule has 0 radical (unpaired) electrons. The molecule has 1 aromatic heterocycles. The van der Waals surface area contributed by atoms with Crippen LogP contribution in [0, 0.1) is 0 Å². The van der Waals surface area contributed by atoms with Crippen molar-refractivity contribution in [3.8, 4) is 0 Å². The highest BCUT2D eigenvalue weighted by Gasteiger charge is 2.04. The van der Waals surface area contributed by atoms with Crippen LogP contribution in [-0.2, 0) is 13.5 Å². The first kappa shape index (κ1) is 12.2. The third-order valence-electron chi connectivity index (χ3n) is 2.87. The van der Waals surface area contributed by atoms with Crippen LogP contribution in [0.1, 0.15) is 38.8 Å². The normalized spacial score (nSPS) is 13.0. The van der Waals surface area contributed by atoms with Crippen LogP contribution < -0.4 is 5.32 Å². The Morgan fingerprint density at radius 1 is 1.47 bits per heavy atom. The minimum Gasteiger partial charge on any atom is -0.314 e. The molecule has 1 aromatic rings. The Labute approximate surface area is 92.9 Å². The van der Waals surface area contributed by atoms with Gasteiger partial charge in [-0.25, -0.2) is 0 Å². The van der Waals surface area contributed by atoms with Crippen molar-refractivity contribution in [3.05, 3.63) is 18.0 Å². The van der Waals surface area contributed by atoms with Crippen LogP contribution in [-0.4, -0.2) is 22.4 Å². The van der Waals surface area contributed by atoms with E-state index >= 15 is 0 Å². The molecule has 3 nitrogen and oxygen atoms in total. The van der Waals surface area contributed by atoms with E-state index in [-0.39, 0.29) is 0 Å². The fourth-order valence-electron chi connectivity index (χ4n) is 1.85. The van der Waals surface area contributed by atoms with Gasteiger partial charge < -0.3 is 5.32 Å². The minimum absolute atomic E-state index is 0.684. The molecule has 3 heteroatoms. The van der Waals surface area contributed by atoms with Gasteiger partial charge in [0.15, 0.2) is 0 Å². The molecule has 86 valence electrons. The summed E-state index contributed by atoms with van der Waals surface area (Å²) in [5.41, 5.74) is 1.30. The van der Waals surface area contributed by atoms with Gasteiger partial charge in [0.2, 0.25) is 0 Å². The third-order valence-corrected chi connectivity index (χ3v) is 2.87. The van der Waals surface area contributed by atoms with Crippen molar-refractivity contribution in [2.24, 2.45) is 7.05 Å². The first-order valence-corrected chi connectivity index (χ1v) is 5.98. The van der Waals surface area contributed by atoms with Gasteiger partial charge in [-0.3, -0.25) is 4.68 Å². The summed E-state index contributed by atoms with van der Waals surface area (Å²) in [7, 11) is 2.00. The van der Waals surface area contributed by atoms with Gasteiger partial charge in [0.05, 0.1) is 0 Å². The summed E-state index contributed by atoms with van der Waals surface area (Å²) in [4.78, 5) is 0. The van der Waals surface area contributed by atoms with Crippen LogP contribution in [0.3, 0.4) is 0 Å². The smallest absolute Gasteiger partial charge is 0.0492 e. The minimum atomic E-state index is 0.684. The first-order valence-electron chi connectivity index (χ1n) is 5.98. The van der Waals surface area contributed by atoms with Gasteiger partial charge in [-0.15, -0.1) is 0 Å². The van der Waals surface area contributed by atoms with Gasteiger partial charge in [-0.1, -0.05) is 20.3 Å². The lowest BCUT2D eigenvalue weighted by Crippen LogP contribution is -2.30. The van der Waals surface area contributed by atoms with Crippen LogP contribution in [0.4, 0.5) is 0 Å². The molecule has 15 heavy (non-hydrogen) atoms. The number of aryl methyl sites for hydroxylation is 1. The molecule has 0 spiro atoms. The lowest BCUT2D eigenvalue weighted by atomic mass is 10.1. The Bertz CT molecular complexity index is 268. The topological polar surface area (TPSA) is 29.9 Å². The predicted molar refractivity (Wildman–Crippen MR) is 63.9 cm³/mol. The van der Waals surface area contributed by atoms with E-state index in [1.807, 2.05) is 17.9 Å². The quantitative estimate of drug-likeness (QED) is 0.745. The zero-order valence-corrected chi connectivity index (χ0v) is 10.2. The highest BCUT2D eigenvalue weighted by molar-refractivity contribution is 5.00. The van der Waals surface area contributed by atoms with Gasteiger partial charge in [-0.05, 0) is 18.9 Å². The molecule has 0 aliphatic rings. The summed E-state index contributed by atoms with van der Waals surface area (Å²) < 4.78 is 1.95. The Morgan fingerprint density at radius 3 is 2.80 bits per heavy atom. The summed E-state index contributed by atoms with van der Waals surface area (Å²) in [6.07, 6.45) is 6.69.